The second kappa shape index (κ2) is 8.44. The Hall–Kier alpha value is -2.01. The molecule has 1 aromatic heterocycles. The van der Waals surface area contributed by atoms with Crippen molar-refractivity contribution in [2.45, 2.75) is 26.2 Å². The lowest BCUT2D eigenvalue weighted by atomic mass is 10.2. The van der Waals surface area contributed by atoms with Crippen LogP contribution < -0.4 is 15.4 Å². The summed E-state index contributed by atoms with van der Waals surface area (Å²) in [4.78, 5) is 8.43. The molecule has 2 aromatic rings. The first-order chi connectivity index (χ1) is 10.7. The van der Waals surface area contributed by atoms with E-state index in [-0.39, 0.29) is 0 Å². The Balaban J connectivity index is 1.99. The van der Waals surface area contributed by atoms with Crippen LogP contribution in [0.1, 0.15) is 26.2 Å². The molecular weight excluding hydrogens is 300 g/mol. The number of methoxy groups -OCH3 is 1. The van der Waals surface area contributed by atoms with Gasteiger partial charge in [0.15, 0.2) is 0 Å². The molecule has 0 saturated carbocycles. The highest BCUT2D eigenvalue weighted by Crippen LogP contribution is 2.28. The zero-order valence-corrected chi connectivity index (χ0v) is 13.7. The molecule has 0 saturated heterocycles. The molecule has 2 N–H and O–H groups in total. The van der Waals surface area contributed by atoms with Gasteiger partial charge in [0.05, 0.1) is 12.1 Å². The van der Waals surface area contributed by atoms with E-state index in [1.54, 1.807) is 13.2 Å². The molecule has 0 fully saturated rings. The van der Waals surface area contributed by atoms with Crippen molar-refractivity contribution in [1.82, 2.24) is 9.97 Å². The van der Waals surface area contributed by atoms with Crippen molar-refractivity contribution in [1.29, 1.82) is 0 Å². The smallest absolute Gasteiger partial charge is 0.137 e. The second-order valence-corrected chi connectivity index (χ2v) is 5.30. The third-order valence-corrected chi connectivity index (χ3v) is 3.47. The molecule has 0 bridgehead atoms. The van der Waals surface area contributed by atoms with Crippen molar-refractivity contribution in [2.24, 2.45) is 0 Å². The van der Waals surface area contributed by atoms with Crippen molar-refractivity contribution in [3.05, 3.63) is 35.6 Å². The molecule has 0 atom stereocenters. The Morgan fingerprint density at radius 3 is 2.68 bits per heavy atom. The van der Waals surface area contributed by atoms with E-state index in [4.69, 9.17) is 16.3 Å². The fourth-order valence-corrected chi connectivity index (χ4v) is 2.26. The third kappa shape index (κ3) is 4.77. The molecule has 0 unspecified atom stereocenters. The number of ether oxygens (including phenoxy) is 1. The Morgan fingerprint density at radius 2 is 1.95 bits per heavy atom. The summed E-state index contributed by atoms with van der Waals surface area (Å²) in [5, 5.41) is 7.06. The minimum atomic E-state index is 0.555. The maximum Gasteiger partial charge on any atom is 0.137 e. The summed E-state index contributed by atoms with van der Waals surface area (Å²) in [7, 11) is 1.59. The van der Waals surface area contributed by atoms with Gasteiger partial charge in [-0.15, -0.1) is 0 Å². The van der Waals surface area contributed by atoms with E-state index >= 15 is 0 Å². The molecule has 2 rings (SSSR count). The highest BCUT2D eigenvalue weighted by atomic mass is 35.5. The van der Waals surface area contributed by atoms with Crippen LogP contribution in [0.2, 0.25) is 5.02 Å². The number of nitrogens with zero attached hydrogens (tertiary/aromatic N) is 2. The van der Waals surface area contributed by atoms with Crippen molar-refractivity contribution >= 4 is 28.9 Å². The van der Waals surface area contributed by atoms with Crippen LogP contribution in [0.4, 0.5) is 17.3 Å². The summed E-state index contributed by atoms with van der Waals surface area (Å²) in [5.41, 5.74) is 0.849. The Morgan fingerprint density at radius 1 is 1.14 bits per heavy atom. The molecule has 0 aliphatic carbocycles. The predicted octanol–water partition coefficient (Wildman–Crippen LogP) is 4.48. The summed E-state index contributed by atoms with van der Waals surface area (Å²) in [6, 6.07) is 7.39. The summed E-state index contributed by atoms with van der Waals surface area (Å²) < 4.78 is 5.14. The number of anilines is 3. The molecule has 0 aliphatic heterocycles. The maximum absolute atomic E-state index is 6.12. The van der Waals surface area contributed by atoms with Crippen LogP contribution in [-0.4, -0.2) is 23.6 Å². The van der Waals surface area contributed by atoms with E-state index in [1.165, 1.54) is 19.2 Å². The molecular formula is C16H21ClN4O. The molecule has 1 aromatic carbocycles. The van der Waals surface area contributed by atoms with Crippen LogP contribution >= 0.6 is 11.6 Å². The number of benzene rings is 1. The molecule has 22 heavy (non-hydrogen) atoms. The average molecular weight is 321 g/mol. The molecule has 0 radical (unpaired) electrons. The zero-order chi connectivity index (χ0) is 15.8. The zero-order valence-electron chi connectivity index (χ0n) is 12.9. The minimum Gasteiger partial charge on any atom is -0.495 e. The van der Waals surface area contributed by atoms with Gasteiger partial charge in [-0.1, -0.05) is 31.4 Å². The van der Waals surface area contributed by atoms with Crippen molar-refractivity contribution < 1.29 is 4.74 Å². The number of halogens is 1. The Bertz CT molecular complexity index is 606. The first-order valence-electron chi connectivity index (χ1n) is 7.39. The molecule has 5 nitrogen and oxygen atoms in total. The molecule has 118 valence electrons. The number of rotatable bonds is 8. The number of unbranched alkanes of at least 4 members (excludes halogenated alkanes) is 2. The van der Waals surface area contributed by atoms with Gasteiger partial charge in [-0.2, -0.15) is 0 Å². The number of nitrogens with one attached hydrogen (secondary N) is 2. The van der Waals surface area contributed by atoms with Gasteiger partial charge in [-0.25, -0.2) is 9.97 Å². The average Bonchev–Trinajstić information content (AvgIpc) is 2.52. The topological polar surface area (TPSA) is 59.1 Å². The quantitative estimate of drug-likeness (QED) is 0.702. The Kier molecular flexibility index (Phi) is 6.27. The fourth-order valence-electron chi connectivity index (χ4n) is 2.01. The molecule has 6 heteroatoms. The SMILES string of the molecule is CCCCCNc1cc(Nc2ccc(OC)c(Cl)c2)ncn1. The van der Waals surface area contributed by atoms with Crippen LogP contribution in [0.3, 0.4) is 0 Å². The molecule has 1 heterocycles. The van der Waals surface area contributed by atoms with Gasteiger partial charge in [0.2, 0.25) is 0 Å². The highest BCUT2D eigenvalue weighted by Gasteiger charge is 2.03. The standard InChI is InChI=1S/C16H21ClN4O/c1-3-4-5-8-18-15-10-16(20-11-19-15)21-12-6-7-14(22-2)13(17)9-12/h6-7,9-11H,3-5,8H2,1-2H3,(H2,18,19,20,21). The van der Waals surface area contributed by atoms with Crippen LogP contribution in [0.5, 0.6) is 5.75 Å². The van der Waals surface area contributed by atoms with Gasteiger partial charge >= 0.3 is 0 Å². The second-order valence-electron chi connectivity index (χ2n) is 4.90. The highest BCUT2D eigenvalue weighted by molar-refractivity contribution is 6.32. The van der Waals surface area contributed by atoms with E-state index in [0.29, 0.717) is 16.6 Å². The molecule has 0 spiro atoms. The summed E-state index contributed by atoms with van der Waals surface area (Å²) in [6.45, 7) is 3.10. The van der Waals surface area contributed by atoms with Gasteiger partial charge in [-0.05, 0) is 24.6 Å². The third-order valence-electron chi connectivity index (χ3n) is 3.18. The summed E-state index contributed by atoms with van der Waals surface area (Å²) in [6.07, 6.45) is 5.09. The van der Waals surface area contributed by atoms with E-state index in [2.05, 4.69) is 27.5 Å². The Labute approximate surface area is 136 Å². The van der Waals surface area contributed by atoms with Gasteiger partial charge in [-0.3, -0.25) is 0 Å². The van der Waals surface area contributed by atoms with Crippen LogP contribution in [0.25, 0.3) is 0 Å². The van der Waals surface area contributed by atoms with E-state index in [9.17, 15) is 0 Å². The van der Waals surface area contributed by atoms with Crippen molar-refractivity contribution in [3.8, 4) is 5.75 Å². The van der Waals surface area contributed by atoms with E-state index in [0.717, 1.165) is 24.5 Å². The van der Waals surface area contributed by atoms with Gasteiger partial charge in [0, 0.05) is 18.3 Å². The van der Waals surface area contributed by atoms with Gasteiger partial charge < -0.3 is 15.4 Å². The summed E-state index contributed by atoms with van der Waals surface area (Å²) in [5.74, 6) is 2.18. The van der Waals surface area contributed by atoms with E-state index in [1.807, 2.05) is 18.2 Å². The summed E-state index contributed by atoms with van der Waals surface area (Å²) >= 11 is 6.12. The first-order valence-corrected chi connectivity index (χ1v) is 7.77. The lowest BCUT2D eigenvalue weighted by Crippen LogP contribution is -2.04. The fraction of sp³-hybridized carbons (Fsp3) is 0.375. The lowest BCUT2D eigenvalue weighted by Gasteiger charge is -2.10. The number of hydrogen-bond acceptors (Lipinski definition) is 5. The van der Waals surface area contributed by atoms with Crippen LogP contribution in [-0.2, 0) is 0 Å². The maximum atomic E-state index is 6.12. The van der Waals surface area contributed by atoms with Crippen LogP contribution in [0.15, 0.2) is 30.6 Å². The molecule has 0 aliphatic rings. The minimum absolute atomic E-state index is 0.555. The number of aromatic nitrogens is 2. The normalized spacial score (nSPS) is 10.3. The number of hydrogen-bond donors (Lipinski definition) is 2. The van der Waals surface area contributed by atoms with Crippen molar-refractivity contribution in [2.75, 3.05) is 24.3 Å². The largest absolute Gasteiger partial charge is 0.495 e. The van der Waals surface area contributed by atoms with E-state index < -0.39 is 0 Å². The molecule has 0 amide bonds. The van der Waals surface area contributed by atoms with Crippen molar-refractivity contribution in [3.63, 3.8) is 0 Å². The van der Waals surface area contributed by atoms with Gasteiger partial charge in [0.25, 0.3) is 0 Å². The van der Waals surface area contributed by atoms with Gasteiger partial charge in [0.1, 0.15) is 23.7 Å². The predicted molar refractivity (Wildman–Crippen MR) is 91.3 cm³/mol. The lowest BCUT2D eigenvalue weighted by molar-refractivity contribution is 0.415. The monoisotopic (exact) mass is 320 g/mol. The van der Waals surface area contributed by atoms with Crippen LogP contribution in [0, 0.1) is 0 Å². The first kappa shape index (κ1) is 16.4.